The zero-order valence-corrected chi connectivity index (χ0v) is 11.6. The molecule has 0 aliphatic heterocycles. The molecule has 1 atom stereocenters. The van der Waals surface area contributed by atoms with Gasteiger partial charge in [0, 0.05) is 17.6 Å². The second-order valence-electron chi connectivity index (χ2n) is 4.19. The monoisotopic (exact) mass is 305 g/mol. The molecule has 2 N–H and O–H groups in total. The van der Waals surface area contributed by atoms with Crippen LogP contribution < -0.4 is 5.32 Å². The predicted molar refractivity (Wildman–Crippen MR) is 77.3 cm³/mol. The molecule has 0 spiro atoms. The van der Waals surface area contributed by atoms with Crippen LogP contribution in [-0.4, -0.2) is 11.7 Å². The predicted octanol–water partition coefficient (Wildman–Crippen LogP) is 3.27. The highest BCUT2D eigenvalue weighted by Gasteiger charge is 2.05. The molecule has 0 saturated carbocycles. The third-order valence-electron chi connectivity index (χ3n) is 2.74. The van der Waals surface area contributed by atoms with Crippen LogP contribution in [0.1, 0.15) is 17.2 Å². The van der Waals surface area contributed by atoms with Gasteiger partial charge in [0.2, 0.25) is 0 Å². The maximum absolute atomic E-state index is 9.98. The highest BCUT2D eigenvalue weighted by Crippen LogP contribution is 2.13. The van der Waals surface area contributed by atoms with Gasteiger partial charge in [0.05, 0.1) is 6.10 Å². The fourth-order valence-corrected chi connectivity index (χ4v) is 2.24. The Morgan fingerprint density at radius 2 is 1.83 bits per heavy atom. The van der Waals surface area contributed by atoms with Crippen molar-refractivity contribution in [3.63, 3.8) is 0 Å². The molecule has 94 valence electrons. The van der Waals surface area contributed by atoms with Gasteiger partial charge < -0.3 is 10.4 Å². The van der Waals surface area contributed by atoms with Crippen LogP contribution in [0, 0.1) is 0 Å². The lowest BCUT2D eigenvalue weighted by molar-refractivity contribution is 0.174. The minimum atomic E-state index is -0.460. The standard InChI is InChI=1S/C15H16BrNO/c16-14-8-4-5-12(9-14)10-17-11-15(18)13-6-2-1-3-7-13/h1-9,15,17-18H,10-11H2/t15-/m1/s1. The maximum atomic E-state index is 9.98. The van der Waals surface area contributed by atoms with E-state index < -0.39 is 6.10 Å². The lowest BCUT2D eigenvalue weighted by Crippen LogP contribution is -2.21. The number of nitrogens with one attached hydrogen (secondary N) is 1. The number of benzene rings is 2. The Bertz CT molecular complexity index is 487. The largest absolute Gasteiger partial charge is 0.387 e. The molecule has 0 amide bonds. The van der Waals surface area contributed by atoms with Crippen molar-refractivity contribution >= 4 is 15.9 Å². The molecular weight excluding hydrogens is 290 g/mol. The van der Waals surface area contributed by atoms with Crippen LogP contribution >= 0.6 is 15.9 Å². The first-order chi connectivity index (χ1) is 8.75. The molecule has 0 unspecified atom stereocenters. The van der Waals surface area contributed by atoms with Crippen LogP contribution in [-0.2, 0) is 6.54 Å². The van der Waals surface area contributed by atoms with E-state index in [1.807, 2.05) is 42.5 Å². The highest BCUT2D eigenvalue weighted by atomic mass is 79.9. The Balaban J connectivity index is 1.82. The summed E-state index contributed by atoms with van der Waals surface area (Å²) in [5, 5.41) is 13.2. The number of halogens is 1. The van der Waals surface area contributed by atoms with Crippen LogP contribution in [0.25, 0.3) is 0 Å². The molecule has 0 saturated heterocycles. The molecule has 18 heavy (non-hydrogen) atoms. The van der Waals surface area contributed by atoms with Crippen molar-refractivity contribution < 1.29 is 5.11 Å². The quantitative estimate of drug-likeness (QED) is 0.888. The van der Waals surface area contributed by atoms with Crippen molar-refractivity contribution in [3.05, 3.63) is 70.2 Å². The fraction of sp³-hybridized carbons (Fsp3) is 0.200. The van der Waals surface area contributed by atoms with Gasteiger partial charge in [-0.05, 0) is 23.3 Å². The molecule has 0 aliphatic rings. The van der Waals surface area contributed by atoms with Gasteiger partial charge >= 0.3 is 0 Å². The Morgan fingerprint density at radius 3 is 2.56 bits per heavy atom. The van der Waals surface area contributed by atoms with E-state index in [0.717, 1.165) is 16.6 Å². The van der Waals surface area contributed by atoms with Crippen LogP contribution in [0.2, 0.25) is 0 Å². The normalized spacial score (nSPS) is 12.3. The molecule has 2 rings (SSSR count). The molecule has 0 aromatic heterocycles. The van der Waals surface area contributed by atoms with Gasteiger partial charge in [-0.3, -0.25) is 0 Å². The van der Waals surface area contributed by atoms with E-state index in [9.17, 15) is 5.11 Å². The topological polar surface area (TPSA) is 32.3 Å². The van der Waals surface area contributed by atoms with Crippen molar-refractivity contribution in [3.8, 4) is 0 Å². The summed E-state index contributed by atoms with van der Waals surface area (Å²) in [6.07, 6.45) is -0.460. The number of aliphatic hydroxyl groups is 1. The molecule has 2 aromatic rings. The third-order valence-corrected chi connectivity index (χ3v) is 3.23. The van der Waals surface area contributed by atoms with E-state index in [1.54, 1.807) is 0 Å². The first-order valence-corrected chi connectivity index (χ1v) is 6.73. The van der Waals surface area contributed by atoms with E-state index in [2.05, 4.69) is 33.4 Å². The molecule has 0 radical (unpaired) electrons. The third kappa shape index (κ3) is 3.95. The zero-order valence-electron chi connectivity index (χ0n) is 10.0. The number of aliphatic hydroxyl groups excluding tert-OH is 1. The molecule has 0 heterocycles. The molecule has 2 nitrogen and oxygen atoms in total. The molecule has 0 bridgehead atoms. The smallest absolute Gasteiger partial charge is 0.0914 e. The van der Waals surface area contributed by atoms with Gasteiger partial charge in [-0.15, -0.1) is 0 Å². The minimum Gasteiger partial charge on any atom is -0.387 e. The van der Waals surface area contributed by atoms with E-state index in [4.69, 9.17) is 0 Å². The van der Waals surface area contributed by atoms with E-state index in [1.165, 1.54) is 5.56 Å². The van der Waals surface area contributed by atoms with Crippen LogP contribution in [0.4, 0.5) is 0 Å². The van der Waals surface area contributed by atoms with Gasteiger partial charge in [-0.2, -0.15) is 0 Å². The van der Waals surface area contributed by atoms with Gasteiger partial charge in [0.15, 0.2) is 0 Å². The summed E-state index contributed by atoms with van der Waals surface area (Å²) in [5.74, 6) is 0. The summed E-state index contributed by atoms with van der Waals surface area (Å²) < 4.78 is 1.07. The number of hydrogen-bond acceptors (Lipinski definition) is 2. The lowest BCUT2D eigenvalue weighted by Gasteiger charge is -2.12. The second kappa shape index (κ2) is 6.69. The summed E-state index contributed by atoms with van der Waals surface area (Å²) in [6.45, 7) is 1.31. The molecule has 0 fully saturated rings. The maximum Gasteiger partial charge on any atom is 0.0914 e. The summed E-state index contributed by atoms with van der Waals surface area (Å²) in [5.41, 5.74) is 2.14. The summed E-state index contributed by atoms with van der Waals surface area (Å²) in [4.78, 5) is 0. The summed E-state index contributed by atoms with van der Waals surface area (Å²) in [6, 6.07) is 17.8. The first kappa shape index (κ1) is 13.3. The molecule has 3 heteroatoms. The summed E-state index contributed by atoms with van der Waals surface area (Å²) in [7, 11) is 0. The van der Waals surface area contributed by atoms with Crippen molar-refractivity contribution in [1.29, 1.82) is 0 Å². The molecule has 0 aliphatic carbocycles. The SMILES string of the molecule is O[C@H](CNCc1cccc(Br)c1)c1ccccc1. The first-order valence-electron chi connectivity index (χ1n) is 5.94. The van der Waals surface area contributed by atoms with Gasteiger partial charge in [-0.25, -0.2) is 0 Å². The Kier molecular flexibility index (Phi) is 4.93. The van der Waals surface area contributed by atoms with E-state index in [0.29, 0.717) is 6.54 Å². The van der Waals surface area contributed by atoms with E-state index >= 15 is 0 Å². The Labute approximate surface area is 116 Å². The van der Waals surface area contributed by atoms with Gasteiger partial charge in [0.1, 0.15) is 0 Å². The second-order valence-corrected chi connectivity index (χ2v) is 5.10. The average molecular weight is 306 g/mol. The molecule has 2 aromatic carbocycles. The van der Waals surface area contributed by atoms with E-state index in [-0.39, 0.29) is 0 Å². The van der Waals surface area contributed by atoms with Crippen molar-refractivity contribution in [2.75, 3.05) is 6.54 Å². The highest BCUT2D eigenvalue weighted by molar-refractivity contribution is 9.10. The Morgan fingerprint density at radius 1 is 1.06 bits per heavy atom. The van der Waals surface area contributed by atoms with Crippen molar-refractivity contribution in [2.45, 2.75) is 12.6 Å². The zero-order chi connectivity index (χ0) is 12.8. The average Bonchev–Trinajstić information content (AvgIpc) is 2.40. The van der Waals surface area contributed by atoms with Crippen molar-refractivity contribution in [1.82, 2.24) is 5.32 Å². The number of rotatable bonds is 5. The van der Waals surface area contributed by atoms with Gasteiger partial charge in [0.25, 0.3) is 0 Å². The number of hydrogen-bond donors (Lipinski definition) is 2. The lowest BCUT2D eigenvalue weighted by atomic mass is 10.1. The van der Waals surface area contributed by atoms with Crippen LogP contribution in [0.15, 0.2) is 59.1 Å². The minimum absolute atomic E-state index is 0.460. The summed E-state index contributed by atoms with van der Waals surface area (Å²) >= 11 is 3.44. The Hall–Kier alpha value is -1.16. The van der Waals surface area contributed by atoms with Gasteiger partial charge in [-0.1, -0.05) is 58.4 Å². The van der Waals surface area contributed by atoms with Crippen LogP contribution in [0.5, 0.6) is 0 Å². The van der Waals surface area contributed by atoms with Crippen molar-refractivity contribution in [2.24, 2.45) is 0 Å². The molecular formula is C15H16BrNO. The van der Waals surface area contributed by atoms with Crippen LogP contribution in [0.3, 0.4) is 0 Å². The fourth-order valence-electron chi connectivity index (χ4n) is 1.79.